The van der Waals surface area contributed by atoms with Gasteiger partial charge in [-0.1, -0.05) is 46.3 Å². The summed E-state index contributed by atoms with van der Waals surface area (Å²) in [6.07, 6.45) is 6.26. The molecule has 0 aromatic heterocycles. The van der Waals surface area contributed by atoms with Crippen LogP contribution in [0.4, 0.5) is 0 Å². The lowest BCUT2D eigenvalue weighted by atomic mass is 9.32. The SMILES string of the molecule is C[C@@H]1CC[C@]2(C(=O)O)CC[C@]3(C)C(=CC[C@@H]4[C@@]5(C)CC[C@H](O)[C@@](C)(CO)[C@@H]5[C@@H](O)C[C@]43C)[C@@H]2[C@]1(C)O. The number of carboxylic acids is 1. The van der Waals surface area contributed by atoms with Crippen LogP contribution in [0.5, 0.6) is 0 Å². The molecule has 36 heavy (non-hydrogen) atoms. The van der Waals surface area contributed by atoms with Crippen LogP contribution < -0.4 is 0 Å². The summed E-state index contributed by atoms with van der Waals surface area (Å²) in [7, 11) is 0. The number of carbonyl (C=O) groups is 1. The average Bonchev–Trinajstić information content (AvgIpc) is 2.79. The molecule has 5 rings (SSSR count). The maximum absolute atomic E-state index is 12.8. The first-order valence-corrected chi connectivity index (χ1v) is 14.2. The van der Waals surface area contributed by atoms with Gasteiger partial charge in [-0.25, -0.2) is 0 Å². The molecule has 0 aliphatic heterocycles. The van der Waals surface area contributed by atoms with Crippen LogP contribution in [0.3, 0.4) is 0 Å². The second-order valence-electron chi connectivity index (χ2n) is 14.7. The Morgan fingerprint density at radius 3 is 2.31 bits per heavy atom. The Bertz CT molecular complexity index is 974. The van der Waals surface area contributed by atoms with Crippen molar-refractivity contribution in [2.45, 2.75) is 111 Å². The van der Waals surface area contributed by atoms with Crippen LogP contribution in [-0.2, 0) is 4.79 Å². The minimum atomic E-state index is -1.11. The molecule has 5 aliphatic rings. The van der Waals surface area contributed by atoms with Crippen molar-refractivity contribution in [3.05, 3.63) is 11.6 Å². The van der Waals surface area contributed by atoms with Gasteiger partial charge in [0, 0.05) is 17.3 Å². The van der Waals surface area contributed by atoms with Crippen LogP contribution in [0.1, 0.15) is 92.9 Å². The maximum atomic E-state index is 12.8. The molecule has 0 spiro atoms. The molecule has 0 aromatic rings. The first-order chi connectivity index (χ1) is 16.6. The summed E-state index contributed by atoms with van der Waals surface area (Å²) in [6, 6.07) is 0. The van der Waals surface area contributed by atoms with E-state index in [1.165, 1.54) is 0 Å². The molecule has 6 nitrogen and oxygen atoms in total. The molecular formula is C30H48O6. The largest absolute Gasteiger partial charge is 0.481 e. The highest BCUT2D eigenvalue weighted by Gasteiger charge is 2.73. The molecule has 0 aromatic carbocycles. The van der Waals surface area contributed by atoms with Gasteiger partial charge < -0.3 is 25.5 Å². The fourth-order valence-corrected chi connectivity index (χ4v) is 11.0. The van der Waals surface area contributed by atoms with E-state index in [2.05, 4.69) is 26.8 Å². The van der Waals surface area contributed by atoms with Crippen molar-refractivity contribution in [2.24, 2.45) is 50.7 Å². The van der Waals surface area contributed by atoms with Crippen LogP contribution >= 0.6 is 0 Å². The van der Waals surface area contributed by atoms with Gasteiger partial charge in [-0.05, 0) is 86.4 Å². The van der Waals surface area contributed by atoms with Crippen LogP contribution in [0.2, 0.25) is 0 Å². The van der Waals surface area contributed by atoms with E-state index >= 15 is 0 Å². The fraction of sp³-hybridized carbons (Fsp3) is 0.900. The van der Waals surface area contributed by atoms with Gasteiger partial charge in [0.2, 0.25) is 0 Å². The Balaban J connectivity index is 1.66. The zero-order chi connectivity index (χ0) is 26.7. The lowest BCUT2D eigenvalue weighted by Crippen LogP contribution is -2.70. The Morgan fingerprint density at radius 1 is 1.03 bits per heavy atom. The standard InChI is InChI=1S/C30H48O6/c1-17-9-12-30(24(34)35)14-13-27(4)18(22(30)29(17,6)36)7-8-20-25(2)11-10-21(33)26(3,16-31)23(25)19(32)15-28(20,27)5/h7,17,19-23,31-33,36H,8-16H2,1-6H3,(H,34,35)/t17-,19+,20-,21+,22-,23-,25-,26-,27-,28-,29-,30+/m1/s1. The normalized spacial score (nSPS) is 58.6. The number of rotatable bonds is 2. The second kappa shape index (κ2) is 7.80. The van der Waals surface area contributed by atoms with Gasteiger partial charge in [0.25, 0.3) is 0 Å². The van der Waals surface area contributed by atoms with Crippen molar-refractivity contribution in [3.8, 4) is 0 Å². The lowest BCUT2D eigenvalue weighted by Gasteiger charge is -2.72. The molecule has 0 saturated heterocycles. The molecule has 12 atom stereocenters. The van der Waals surface area contributed by atoms with E-state index in [0.29, 0.717) is 32.1 Å². The molecule has 5 aliphatic carbocycles. The van der Waals surface area contributed by atoms with E-state index in [0.717, 1.165) is 24.8 Å². The summed E-state index contributed by atoms with van der Waals surface area (Å²) in [4.78, 5) is 12.8. The van der Waals surface area contributed by atoms with E-state index in [1.54, 1.807) is 0 Å². The monoisotopic (exact) mass is 504 g/mol. The van der Waals surface area contributed by atoms with Crippen LogP contribution in [0, 0.1) is 50.7 Å². The third-order valence-corrected chi connectivity index (χ3v) is 13.5. The van der Waals surface area contributed by atoms with Crippen LogP contribution in [0.25, 0.3) is 0 Å². The molecule has 204 valence electrons. The number of aliphatic hydroxyl groups is 4. The smallest absolute Gasteiger partial charge is 0.310 e. The molecular weight excluding hydrogens is 456 g/mol. The lowest BCUT2D eigenvalue weighted by molar-refractivity contribution is -0.255. The summed E-state index contributed by atoms with van der Waals surface area (Å²) >= 11 is 0. The van der Waals surface area contributed by atoms with E-state index in [1.807, 2.05) is 20.8 Å². The van der Waals surface area contributed by atoms with Crippen molar-refractivity contribution in [2.75, 3.05) is 6.61 Å². The van der Waals surface area contributed by atoms with Gasteiger partial charge >= 0.3 is 5.97 Å². The van der Waals surface area contributed by atoms with Crippen molar-refractivity contribution >= 4 is 5.97 Å². The first-order valence-electron chi connectivity index (χ1n) is 14.2. The maximum Gasteiger partial charge on any atom is 0.310 e. The van der Waals surface area contributed by atoms with E-state index < -0.39 is 40.5 Å². The van der Waals surface area contributed by atoms with E-state index in [4.69, 9.17) is 0 Å². The quantitative estimate of drug-likeness (QED) is 0.361. The Hall–Kier alpha value is -0.950. The summed E-state index contributed by atoms with van der Waals surface area (Å²) in [6.45, 7) is 12.5. The number of hydrogen-bond donors (Lipinski definition) is 5. The highest BCUT2D eigenvalue weighted by Crippen LogP contribution is 2.76. The molecule has 0 heterocycles. The Morgan fingerprint density at radius 2 is 1.69 bits per heavy atom. The minimum Gasteiger partial charge on any atom is -0.481 e. The molecule has 0 unspecified atom stereocenters. The topological polar surface area (TPSA) is 118 Å². The highest BCUT2D eigenvalue weighted by atomic mass is 16.4. The molecule has 4 saturated carbocycles. The predicted molar refractivity (Wildman–Crippen MR) is 137 cm³/mol. The van der Waals surface area contributed by atoms with Gasteiger partial charge in [-0.2, -0.15) is 0 Å². The summed E-state index contributed by atoms with van der Waals surface area (Å²) in [5.74, 6) is -1.21. The number of aliphatic hydroxyl groups excluding tert-OH is 3. The Kier molecular flexibility index (Phi) is 5.77. The highest BCUT2D eigenvalue weighted by molar-refractivity contribution is 5.77. The number of hydrogen-bond acceptors (Lipinski definition) is 5. The van der Waals surface area contributed by atoms with Crippen molar-refractivity contribution in [1.82, 2.24) is 0 Å². The second-order valence-corrected chi connectivity index (χ2v) is 14.7. The fourth-order valence-electron chi connectivity index (χ4n) is 11.0. The third-order valence-electron chi connectivity index (χ3n) is 13.5. The van der Waals surface area contributed by atoms with E-state index in [-0.39, 0.29) is 40.6 Å². The molecule has 5 N–H and O–H groups in total. The van der Waals surface area contributed by atoms with Gasteiger partial charge in [-0.15, -0.1) is 0 Å². The van der Waals surface area contributed by atoms with E-state index in [9.17, 15) is 30.3 Å². The van der Waals surface area contributed by atoms with Crippen molar-refractivity contribution in [3.63, 3.8) is 0 Å². The zero-order valence-electron chi connectivity index (χ0n) is 23.0. The van der Waals surface area contributed by atoms with Crippen molar-refractivity contribution < 1.29 is 30.3 Å². The number of aliphatic carboxylic acids is 1. The molecule has 6 heteroatoms. The summed E-state index contributed by atoms with van der Waals surface area (Å²) in [5.41, 5.74) is -2.62. The van der Waals surface area contributed by atoms with Crippen LogP contribution in [0.15, 0.2) is 11.6 Å². The molecule has 4 fully saturated rings. The van der Waals surface area contributed by atoms with Crippen molar-refractivity contribution in [1.29, 1.82) is 0 Å². The number of allylic oxidation sites excluding steroid dienone is 1. The number of carboxylic acid groups (broad SMARTS) is 1. The third kappa shape index (κ3) is 2.91. The zero-order valence-corrected chi connectivity index (χ0v) is 23.0. The molecule has 0 bridgehead atoms. The predicted octanol–water partition coefficient (Wildman–Crippen LogP) is 4.15. The Labute approximate surface area is 216 Å². The molecule has 0 radical (unpaired) electrons. The summed E-state index contributed by atoms with van der Waals surface area (Å²) in [5, 5.41) is 55.6. The van der Waals surface area contributed by atoms with Gasteiger partial charge in [0.15, 0.2) is 0 Å². The van der Waals surface area contributed by atoms with Gasteiger partial charge in [-0.3, -0.25) is 4.79 Å². The summed E-state index contributed by atoms with van der Waals surface area (Å²) < 4.78 is 0. The molecule has 0 amide bonds. The minimum absolute atomic E-state index is 0.00712. The first kappa shape index (κ1) is 26.6. The van der Waals surface area contributed by atoms with Gasteiger partial charge in [0.1, 0.15) is 0 Å². The average molecular weight is 505 g/mol. The van der Waals surface area contributed by atoms with Crippen LogP contribution in [-0.4, -0.2) is 55.9 Å². The van der Waals surface area contributed by atoms with Gasteiger partial charge in [0.05, 0.1) is 29.8 Å². The number of fused-ring (bicyclic) bond motifs is 7.